The van der Waals surface area contributed by atoms with Gasteiger partial charge in [0.2, 0.25) is 5.95 Å². The fourth-order valence-electron chi connectivity index (χ4n) is 4.08. The van der Waals surface area contributed by atoms with Gasteiger partial charge < -0.3 is 10.6 Å². The molecule has 1 saturated heterocycles. The predicted molar refractivity (Wildman–Crippen MR) is 135 cm³/mol. The van der Waals surface area contributed by atoms with Crippen molar-refractivity contribution in [1.82, 2.24) is 30.0 Å². The van der Waals surface area contributed by atoms with Crippen molar-refractivity contribution >= 4 is 40.6 Å². The summed E-state index contributed by atoms with van der Waals surface area (Å²) in [4.78, 5) is 13.1. The third-order valence-electron chi connectivity index (χ3n) is 6.06. The first-order valence-electron chi connectivity index (χ1n) is 11.0. The van der Waals surface area contributed by atoms with Gasteiger partial charge in [0.1, 0.15) is 0 Å². The second-order valence-electron chi connectivity index (χ2n) is 8.43. The number of nitrogens with zero attached hydrogens (tertiary/aromatic N) is 5. The van der Waals surface area contributed by atoms with E-state index in [0.29, 0.717) is 0 Å². The van der Waals surface area contributed by atoms with E-state index in [4.69, 9.17) is 17.3 Å². The van der Waals surface area contributed by atoms with Crippen molar-refractivity contribution in [2.45, 2.75) is 6.54 Å². The largest absolute Gasteiger partial charge is 0.368 e. The highest BCUT2D eigenvalue weighted by Gasteiger charge is 2.15. The molecule has 0 amide bonds. The van der Waals surface area contributed by atoms with E-state index < -0.39 is 0 Å². The SMILES string of the molecule is CN1CCN(Cc2ccc(C=Cc3n[nH]c4cc(-c5ccnc(N)n5)ccc34)cc2Cl)CC1. The minimum atomic E-state index is 0.258. The molecular formula is C25H26ClN7. The Morgan fingerprint density at radius 2 is 1.91 bits per heavy atom. The van der Waals surface area contributed by atoms with Gasteiger partial charge in [0.25, 0.3) is 0 Å². The lowest BCUT2D eigenvalue weighted by Crippen LogP contribution is -2.43. The van der Waals surface area contributed by atoms with Crippen molar-refractivity contribution in [3.63, 3.8) is 0 Å². The van der Waals surface area contributed by atoms with Crippen LogP contribution >= 0.6 is 11.6 Å². The molecule has 3 N–H and O–H groups in total. The lowest BCUT2D eigenvalue weighted by Gasteiger charge is -2.32. The Labute approximate surface area is 197 Å². The number of halogens is 1. The monoisotopic (exact) mass is 459 g/mol. The van der Waals surface area contributed by atoms with Gasteiger partial charge in [-0.3, -0.25) is 10.00 Å². The minimum Gasteiger partial charge on any atom is -0.368 e. The lowest BCUT2D eigenvalue weighted by molar-refractivity contribution is 0.148. The van der Waals surface area contributed by atoms with Gasteiger partial charge in [-0.05, 0) is 48.5 Å². The molecular weight excluding hydrogens is 434 g/mol. The molecule has 0 saturated carbocycles. The van der Waals surface area contributed by atoms with Crippen LogP contribution in [-0.4, -0.2) is 63.2 Å². The Hall–Kier alpha value is -3.26. The van der Waals surface area contributed by atoms with Crippen molar-refractivity contribution in [2.75, 3.05) is 39.0 Å². The average molecular weight is 460 g/mol. The maximum atomic E-state index is 6.61. The first-order valence-corrected chi connectivity index (χ1v) is 11.4. The quantitative estimate of drug-likeness (QED) is 0.465. The molecule has 8 heteroatoms. The number of hydrogen-bond acceptors (Lipinski definition) is 6. The van der Waals surface area contributed by atoms with E-state index in [1.54, 1.807) is 6.20 Å². The van der Waals surface area contributed by atoms with E-state index in [-0.39, 0.29) is 5.95 Å². The number of aromatic nitrogens is 4. The van der Waals surface area contributed by atoms with Crippen LogP contribution in [0.2, 0.25) is 5.02 Å². The molecule has 0 radical (unpaired) electrons. The fourth-order valence-corrected chi connectivity index (χ4v) is 4.33. The van der Waals surface area contributed by atoms with Crippen LogP contribution in [-0.2, 0) is 6.54 Å². The highest BCUT2D eigenvalue weighted by molar-refractivity contribution is 6.31. The summed E-state index contributed by atoms with van der Waals surface area (Å²) in [5.41, 5.74) is 11.5. The highest BCUT2D eigenvalue weighted by Crippen LogP contribution is 2.26. The summed E-state index contributed by atoms with van der Waals surface area (Å²) in [5, 5.41) is 9.42. The summed E-state index contributed by atoms with van der Waals surface area (Å²) in [6.07, 6.45) is 5.71. The number of fused-ring (bicyclic) bond motifs is 1. The van der Waals surface area contributed by atoms with Crippen LogP contribution in [0.15, 0.2) is 48.7 Å². The van der Waals surface area contributed by atoms with E-state index in [9.17, 15) is 0 Å². The zero-order valence-electron chi connectivity index (χ0n) is 18.5. The first-order chi connectivity index (χ1) is 16.0. The number of H-pyrrole nitrogens is 1. The molecule has 7 nitrogen and oxygen atoms in total. The topological polar surface area (TPSA) is 87.0 Å². The van der Waals surface area contributed by atoms with Crippen LogP contribution in [0.3, 0.4) is 0 Å². The Morgan fingerprint density at radius 1 is 1.06 bits per heavy atom. The van der Waals surface area contributed by atoms with Gasteiger partial charge in [0.05, 0.1) is 16.9 Å². The van der Waals surface area contributed by atoms with Crippen molar-refractivity contribution in [2.24, 2.45) is 0 Å². The summed E-state index contributed by atoms with van der Waals surface area (Å²) < 4.78 is 0. The van der Waals surface area contributed by atoms with E-state index in [0.717, 1.165) is 71.2 Å². The highest BCUT2D eigenvalue weighted by atomic mass is 35.5. The second-order valence-corrected chi connectivity index (χ2v) is 8.84. The van der Waals surface area contributed by atoms with E-state index >= 15 is 0 Å². The molecule has 3 heterocycles. The maximum Gasteiger partial charge on any atom is 0.220 e. The van der Waals surface area contributed by atoms with Crippen molar-refractivity contribution in [1.29, 1.82) is 0 Å². The van der Waals surface area contributed by atoms with Gasteiger partial charge in [0.15, 0.2) is 0 Å². The van der Waals surface area contributed by atoms with Crippen LogP contribution in [0.4, 0.5) is 5.95 Å². The zero-order valence-corrected chi connectivity index (χ0v) is 19.3. The van der Waals surface area contributed by atoms with Gasteiger partial charge in [0, 0.05) is 54.9 Å². The molecule has 0 aliphatic carbocycles. The lowest BCUT2D eigenvalue weighted by atomic mass is 10.1. The number of hydrogen-bond donors (Lipinski definition) is 2. The number of nitrogen functional groups attached to an aromatic ring is 1. The van der Waals surface area contributed by atoms with Gasteiger partial charge >= 0.3 is 0 Å². The zero-order chi connectivity index (χ0) is 22.8. The third kappa shape index (κ3) is 4.90. The standard InChI is InChI=1S/C25H26ClN7/c1-32-10-12-33(13-11-32)16-19-4-2-17(14-21(19)26)3-7-23-20-6-5-18(15-24(20)31-30-23)22-8-9-28-25(27)29-22/h2-9,14-15H,10-13,16H2,1H3,(H,30,31)(H2,27,28,29). The summed E-state index contributed by atoms with van der Waals surface area (Å²) in [5.74, 6) is 0.258. The molecule has 2 aromatic heterocycles. The van der Waals surface area contributed by atoms with Gasteiger partial charge in [-0.2, -0.15) is 5.10 Å². The van der Waals surface area contributed by atoms with Crippen LogP contribution in [0.1, 0.15) is 16.8 Å². The molecule has 0 atom stereocenters. The number of benzene rings is 2. The smallest absolute Gasteiger partial charge is 0.220 e. The number of nitrogens with two attached hydrogens (primary N) is 1. The van der Waals surface area contributed by atoms with Gasteiger partial charge in [-0.25, -0.2) is 9.97 Å². The van der Waals surface area contributed by atoms with Crippen LogP contribution in [0, 0.1) is 0 Å². The molecule has 1 fully saturated rings. The molecule has 0 bridgehead atoms. The molecule has 0 unspecified atom stereocenters. The molecule has 33 heavy (non-hydrogen) atoms. The molecule has 4 aromatic rings. The Kier molecular flexibility index (Phi) is 6.09. The number of rotatable bonds is 5. The second kappa shape index (κ2) is 9.31. The summed E-state index contributed by atoms with van der Waals surface area (Å²) in [7, 11) is 2.17. The maximum absolute atomic E-state index is 6.61. The number of anilines is 1. The van der Waals surface area contributed by atoms with E-state index in [1.807, 2.05) is 42.5 Å². The number of piperazine rings is 1. The van der Waals surface area contributed by atoms with Crippen molar-refractivity contribution in [3.05, 3.63) is 70.5 Å². The fraction of sp³-hybridized carbons (Fsp3) is 0.240. The predicted octanol–water partition coefficient (Wildman–Crippen LogP) is 4.17. The minimum absolute atomic E-state index is 0.258. The molecule has 0 spiro atoms. The number of likely N-dealkylation sites (N-methyl/N-ethyl adjacent to an activating group) is 1. The summed E-state index contributed by atoms with van der Waals surface area (Å²) >= 11 is 6.61. The van der Waals surface area contributed by atoms with Crippen LogP contribution in [0.25, 0.3) is 34.3 Å². The summed E-state index contributed by atoms with van der Waals surface area (Å²) in [6, 6.07) is 14.2. The molecule has 5 rings (SSSR count). The van der Waals surface area contributed by atoms with Crippen molar-refractivity contribution < 1.29 is 0 Å². The summed E-state index contributed by atoms with van der Waals surface area (Å²) in [6.45, 7) is 5.25. The average Bonchev–Trinajstić information content (AvgIpc) is 3.23. The molecule has 2 aromatic carbocycles. The van der Waals surface area contributed by atoms with Crippen LogP contribution in [0.5, 0.6) is 0 Å². The molecule has 1 aliphatic heterocycles. The van der Waals surface area contributed by atoms with E-state index in [2.05, 4.69) is 49.1 Å². The number of nitrogens with one attached hydrogen (secondary N) is 1. The first kappa shape index (κ1) is 21.6. The third-order valence-corrected chi connectivity index (χ3v) is 6.41. The normalized spacial score (nSPS) is 15.6. The molecule has 1 aliphatic rings. The Bertz CT molecular complexity index is 1310. The molecule has 168 valence electrons. The van der Waals surface area contributed by atoms with Gasteiger partial charge in [-0.15, -0.1) is 0 Å². The number of aromatic amines is 1. The Morgan fingerprint density at radius 3 is 2.70 bits per heavy atom. The van der Waals surface area contributed by atoms with Gasteiger partial charge in [-0.1, -0.05) is 35.9 Å². The Balaban J connectivity index is 1.31. The van der Waals surface area contributed by atoms with E-state index in [1.165, 1.54) is 5.56 Å². The van der Waals surface area contributed by atoms with Crippen LogP contribution < -0.4 is 5.73 Å². The van der Waals surface area contributed by atoms with Crippen molar-refractivity contribution in [3.8, 4) is 11.3 Å².